The number of hydrogen-bond donors (Lipinski definition) is 1. The molecule has 0 spiro atoms. The van der Waals surface area contributed by atoms with Crippen LogP contribution in [-0.4, -0.2) is 27.3 Å². The highest BCUT2D eigenvalue weighted by Crippen LogP contribution is 2.36. The van der Waals surface area contributed by atoms with Crippen molar-refractivity contribution in [1.82, 2.24) is 14.9 Å². The highest BCUT2D eigenvalue weighted by Gasteiger charge is 2.29. The molecule has 22 heavy (non-hydrogen) atoms. The minimum Gasteiger partial charge on any atom is -0.350 e. The Bertz CT molecular complexity index is 697. The van der Waals surface area contributed by atoms with E-state index in [1.54, 1.807) is 11.8 Å². The van der Waals surface area contributed by atoms with Crippen molar-refractivity contribution < 1.29 is 4.79 Å². The summed E-state index contributed by atoms with van der Waals surface area (Å²) >= 11 is 1.76. The van der Waals surface area contributed by atoms with Crippen molar-refractivity contribution in [2.24, 2.45) is 0 Å². The maximum Gasteiger partial charge on any atom is 0.237 e. The molecule has 4 nitrogen and oxygen atoms in total. The zero-order valence-corrected chi connectivity index (χ0v) is 13.2. The molecule has 1 amide bonds. The van der Waals surface area contributed by atoms with E-state index in [0.29, 0.717) is 0 Å². The van der Waals surface area contributed by atoms with E-state index >= 15 is 0 Å². The fourth-order valence-corrected chi connectivity index (χ4v) is 4.57. The summed E-state index contributed by atoms with van der Waals surface area (Å²) in [4.78, 5) is 17.1. The van der Waals surface area contributed by atoms with Gasteiger partial charge in [0.15, 0.2) is 0 Å². The lowest BCUT2D eigenvalue weighted by molar-refractivity contribution is -0.121. The molecule has 3 heterocycles. The minimum absolute atomic E-state index is 0.0610. The highest BCUT2D eigenvalue weighted by atomic mass is 32.2. The van der Waals surface area contributed by atoms with Gasteiger partial charge < -0.3 is 9.88 Å². The lowest BCUT2D eigenvalue weighted by atomic mass is 10.0. The SMILES string of the molecule is O=C(N[C@@H]1CCc2nccn2C1)[C@@H]1SCCc2ccccc21. The molecule has 5 heteroatoms. The van der Waals surface area contributed by atoms with Crippen LogP contribution in [0.5, 0.6) is 0 Å². The summed E-state index contributed by atoms with van der Waals surface area (Å²) < 4.78 is 2.15. The van der Waals surface area contributed by atoms with Crippen LogP contribution in [0.15, 0.2) is 36.7 Å². The molecule has 4 rings (SSSR count). The molecule has 0 radical (unpaired) electrons. The first-order chi connectivity index (χ1) is 10.8. The topological polar surface area (TPSA) is 46.9 Å². The first-order valence-corrected chi connectivity index (χ1v) is 8.86. The van der Waals surface area contributed by atoms with Crippen LogP contribution in [0, 0.1) is 0 Å². The summed E-state index contributed by atoms with van der Waals surface area (Å²) in [6, 6.07) is 8.55. The van der Waals surface area contributed by atoms with Crippen molar-refractivity contribution in [2.45, 2.75) is 37.1 Å². The van der Waals surface area contributed by atoms with E-state index in [0.717, 1.165) is 37.4 Å². The molecule has 0 saturated heterocycles. The number of benzene rings is 1. The summed E-state index contributed by atoms with van der Waals surface area (Å²) in [6.07, 6.45) is 6.81. The van der Waals surface area contributed by atoms with Crippen LogP contribution in [0.1, 0.15) is 28.6 Å². The lowest BCUT2D eigenvalue weighted by Gasteiger charge is -2.29. The normalized spacial score (nSPS) is 23.5. The van der Waals surface area contributed by atoms with E-state index < -0.39 is 0 Å². The van der Waals surface area contributed by atoms with Gasteiger partial charge >= 0.3 is 0 Å². The molecular formula is C17H19N3OS. The number of rotatable bonds is 2. The van der Waals surface area contributed by atoms with Gasteiger partial charge in [0.25, 0.3) is 0 Å². The van der Waals surface area contributed by atoms with Gasteiger partial charge in [-0.05, 0) is 29.7 Å². The van der Waals surface area contributed by atoms with Gasteiger partial charge in [0.05, 0.1) is 0 Å². The molecule has 0 unspecified atom stereocenters. The second kappa shape index (κ2) is 5.80. The predicted molar refractivity (Wildman–Crippen MR) is 87.8 cm³/mol. The number of thioether (sulfide) groups is 1. The number of fused-ring (bicyclic) bond motifs is 2. The standard InChI is InChI=1S/C17H19N3OS/c21-17(16-14-4-2-1-3-12(14)7-10-22-16)19-13-5-6-15-18-8-9-20(15)11-13/h1-4,8-9,13,16H,5-7,10-11H2,(H,19,21)/t13-,16-/m1/s1. The zero-order valence-electron chi connectivity index (χ0n) is 12.4. The predicted octanol–water partition coefficient (Wildman–Crippen LogP) is 2.34. The number of aromatic nitrogens is 2. The Morgan fingerprint density at radius 2 is 2.23 bits per heavy atom. The Morgan fingerprint density at radius 3 is 3.18 bits per heavy atom. The van der Waals surface area contributed by atoms with Crippen molar-refractivity contribution in [3.05, 3.63) is 53.6 Å². The molecule has 2 aliphatic heterocycles. The van der Waals surface area contributed by atoms with Crippen molar-refractivity contribution in [3.63, 3.8) is 0 Å². The molecular weight excluding hydrogens is 294 g/mol. The summed E-state index contributed by atoms with van der Waals surface area (Å²) in [5.74, 6) is 2.31. The fraction of sp³-hybridized carbons (Fsp3) is 0.412. The van der Waals surface area contributed by atoms with E-state index in [2.05, 4.69) is 33.1 Å². The molecule has 1 aromatic carbocycles. The van der Waals surface area contributed by atoms with Crippen LogP contribution in [0.4, 0.5) is 0 Å². The van der Waals surface area contributed by atoms with Gasteiger partial charge in [-0.15, -0.1) is 11.8 Å². The van der Waals surface area contributed by atoms with E-state index in [1.807, 2.05) is 18.5 Å². The molecule has 0 aliphatic carbocycles. The molecule has 2 aromatic rings. The molecule has 0 bridgehead atoms. The second-order valence-electron chi connectivity index (χ2n) is 5.94. The molecule has 2 atom stereocenters. The number of imidazole rings is 1. The van der Waals surface area contributed by atoms with Gasteiger partial charge in [0, 0.05) is 31.4 Å². The summed E-state index contributed by atoms with van der Waals surface area (Å²) in [6.45, 7) is 0.833. The summed E-state index contributed by atoms with van der Waals surface area (Å²) in [5.41, 5.74) is 2.51. The van der Waals surface area contributed by atoms with Gasteiger partial charge in [0.2, 0.25) is 5.91 Å². The summed E-state index contributed by atoms with van der Waals surface area (Å²) in [5, 5.41) is 3.19. The quantitative estimate of drug-likeness (QED) is 0.926. The Balaban J connectivity index is 1.47. The van der Waals surface area contributed by atoms with Crippen molar-refractivity contribution >= 4 is 17.7 Å². The Kier molecular flexibility index (Phi) is 3.66. The van der Waals surface area contributed by atoms with Gasteiger partial charge in [-0.3, -0.25) is 4.79 Å². The maximum atomic E-state index is 12.7. The summed E-state index contributed by atoms with van der Waals surface area (Å²) in [7, 11) is 0. The van der Waals surface area contributed by atoms with Crippen molar-refractivity contribution in [2.75, 3.05) is 5.75 Å². The third-order valence-electron chi connectivity index (χ3n) is 4.51. The van der Waals surface area contributed by atoms with E-state index in [1.165, 1.54) is 11.1 Å². The number of aryl methyl sites for hydroxylation is 2. The van der Waals surface area contributed by atoms with Crippen LogP contribution in [0.25, 0.3) is 0 Å². The third kappa shape index (κ3) is 2.54. The van der Waals surface area contributed by atoms with Crippen molar-refractivity contribution in [1.29, 1.82) is 0 Å². The molecule has 114 valence electrons. The van der Waals surface area contributed by atoms with E-state index in [4.69, 9.17) is 0 Å². The molecule has 1 aromatic heterocycles. The largest absolute Gasteiger partial charge is 0.350 e. The number of carbonyl (C=O) groups excluding carboxylic acids is 1. The second-order valence-corrected chi connectivity index (χ2v) is 7.15. The average molecular weight is 313 g/mol. The van der Waals surface area contributed by atoms with Crippen LogP contribution in [0.2, 0.25) is 0 Å². The highest BCUT2D eigenvalue weighted by molar-refractivity contribution is 8.00. The third-order valence-corrected chi connectivity index (χ3v) is 5.75. The first-order valence-electron chi connectivity index (χ1n) is 7.81. The van der Waals surface area contributed by atoms with Gasteiger partial charge in [-0.1, -0.05) is 24.3 Å². The Morgan fingerprint density at radius 1 is 1.32 bits per heavy atom. The van der Waals surface area contributed by atoms with Crippen molar-refractivity contribution in [3.8, 4) is 0 Å². The fourth-order valence-electron chi connectivity index (χ4n) is 3.37. The van der Waals surface area contributed by atoms with E-state index in [9.17, 15) is 4.79 Å². The van der Waals surface area contributed by atoms with Gasteiger partial charge in [0.1, 0.15) is 11.1 Å². The average Bonchev–Trinajstić information content (AvgIpc) is 3.02. The van der Waals surface area contributed by atoms with E-state index in [-0.39, 0.29) is 17.2 Å². The molecule has 0 saturated carbocycles. The molecule has 1 N–H and O–H groups in total. The van der Waals surface area contributed by atoms with Crippen LogP contribution >= 0.6 is 11.8 Å². The molecule has 0 fully saturated rings. The molecule has 2 aliphatic rings. The first kappa shape index (κ1) is 13.9. The number of nitrogens with one attached hydrogen (secondary N) is 1. The number of carbonyl (C=O) groups is 1. The van der Waals surface area contributed by atoms with Gasteiger partial charge in [-0.25, -0.2) is 4.98 Å². The van der Waals surface area contributed by atoms with Gasteiger partial charge in [-0.2, -0.15) is 0 Å². The smallest absolute Gasteiger partial charge is 0.237 e. The lowest BCUT2D eigenvalue weighted by Crippen LogP contribution is -2.43. The Hall–Kier alpha value is -1.75. The monoisotopic (exact) mass is 313 g/mol. The minimum atomic E-state index is -0.0610. The Labute approximate surface area is 134 Å². The zero-order chi connectivity index (χ0) is 14.9. The van der Waals surface area contributed by atoms with Crippen LogP contribution < -0.4 is 5.32 Å². The number of hydrogen-bond acceptors (Lipinski definition) is 3. The number of nitrogens with zero attached hydrogens (tertiary/aromatic N) is 2. The maximum absolute atomic E-state index is 12.7. The van der Waals surface area contributed by atoms with Crippen LogP contribution in [-0.2, 0) is 24.2 Å². The van der Waals surface area contributed by atoms with Crippen LogP contribution in [0.3, 0.4) is 0 Å². The number of amides is 1.